The van der Waals surface area contributed by atoms with E-state index in [1.165, 1.54) is 6.20 Å². The minimum absolute atomic E-state index is 0.0959. The number of nitrogens with zero attached hydrogens (tertiary/aromatic N) is 4. The molecule has 1 aromatic heterocycles. The summed E-state index contributed by atoms with van der Waals surface area (Å²) in [5.74, 6) is 2.34. The second-order valence-corrected chi connectivity index (χ2v) is 5.51. The number of hydrogen-bond donors (Lipinski definition) is 1. The highest BCUT2D eigenvalue weighted by Gasteiger charge is 2.36. The van der Waals surface area contributed by atoms with E-state index in [1.54, 1.807) is 4.57 Å². The molecule has 7 nitrogen and oxygen atoms in total. The Morgan fingerprint density at radius 2 is 2.11 bits per heavy atom. The monoisotopic (exact) mass is 265 g/mol. The molecule has 1 aromatic rings. The van der Waals surface area contributed by atoms with Gasteiger partial charge in [-0.2, -0.15) is 0 Å². The summed E-state index contributed by atoms with van der Waals surface area (Å²) in [6.07, 6.45) is 1.35. The summed E-state index contributed by atoms with van der Waals surface area (Å²) in [5.41, 5.74) is 0. The molecule has 0 spiro atoms. The van der Waals surface area contributed by atoms with Crippen LogP contribution in [-0.2, 0) is 6.54 Å². The number of rotatable bonds is 4. The highest BCUT2D eigenvalue weighted by Crippen LogP contribution is 2.26. The number of likely N-dealkylation sites (tertiary alicyclic amines) is 1. The summed E-state index contributed by atoms with van der Waals surface area (Å²) in [6.45, 7) is 7.78. The molecule has 3 heterocycles. The van der Waals surface area contributed by atoms with Gasteiger partial charge in [-0.1, -0.05) is 0 Å². The van der Waals surface area contributed by atoms with Crippen molar-refractivity contribution in [2.75, 3.05) is 32.7 Å². The molecule has 7 heteroatoms. The van der Waals surface area contributed by atoms with Gasteiger partial charge in [0.05, 0.1) is 0 Å². The molecule has 0 aromatic carbocycles. The summed E-state index contributed by atoms with van der Waals surface area (Å²) >= 11 is 0. The lowest BCUT2D eigenvalue weighted by molar-refractivity contribution is -0.392. The van der Waals surface area contributed by atoms with Gasteiger partial charge in [0.1, 0.15) is 12.7 Å². The molecule has 0 radical (unpaired) electrons. The molecule has 2 fully saturated rings. The molecule has 2 aliphatic heterocycles. The van der Waals surface area contributed by atoms with Crippen molar-refractivity contribution in [3.8, 4) is 0 Å². The van der Waals surface area contributed by atoms with E-state index in [2.05, 4.69) is 15.2 Å². The van der Waals surface area contributed by atoms with Gasteiger partial charge in [0.15, 0.2) is 5.82 Å². The summed E-state index contributed by atoms with van der Waals surface area (Å²) in [7, 11) is 0. The van der Waals surface area contributed by atoms with Gasteiger partial charge in [-0.3, -0.25) is 4.90 Å². The molecule has 0 aliphatic carbocycles. The zero-order valence-corrected chi connectivity index (χ0v) is 11.1. The quantitative estimate of drug-likeness (QED) is 0.624. The van der Waals surface area contributed by atoms with E-state index in [0.29, 0.717) is 12.4 Å². The van der Waals surface area contributed by atoms with Gasteiger partial charge in [0.2, 0.25) is 0 Å². The van der Waals surface area contributed by atoms with Crippen molar-refractivity contribution in [3.05, 3.63) is 22.1 Å². The van der Waals surface area contributed by atoms with Crippen LogP contribution in [0.1, 0.15) is 5.82 Å². The molecule has 0 saturated carbocycles. The van der Waals surface area contributed by atoms with Crippen LogP contribution in [0.25, 0.3) is 0 Å². The van der Waals surface area contributed by atoms with E-state index in [-0.39, 0.29) is 10.7 Å². The third-order valence-electron chi connectivity index (χ3n) is 4.33. The van der Waals surface area contributed by atoms with E-state index in [1.807, 2.05) is 6.92 Å². The number of imidazole rings is 1. The van der Waals surface area contributed by atoms with Gasteiger partial charge in [-0.15, -0.1) is 0 Å². The van der Waals surface area contributed by atoms with Gasteiger partial charge >= 0.3 is 5.82 Å². The van der Waals surface area contributed by atoms with Crippen LogP contribution >= 0.6 is 0 Å². The zero-order chi connectivity index (χ0) is 13.4. The van der Waals surface area contributed by atoms with Crippen LogP contribution in [0.15, 0.2) is 6.20 Å². The maximum absolute atomic E-state index is 10.9. The van der Waals surface area contributed by atoms with E-state index >= 15 is 0 Å². The van der Waals surface area contributed by atoms with E-state index in [0.717, 1.165) is 44.6 Å². The van der Waals surface area contributed by atoms with Gasteiger partial charge in [0.25, 0.3) is 0 Å². The molecule has 1 N–H and O–H groups in total. The Labute approximate surface area is 111 Å². The van der Waals surface area contributed by atoms with Gasteiger partial charge in [-0.05, 0) is 29.8 Å². The first-order valence-corrected chi connectivity index (χ1v) is 6.74. The lowest BCUT2D eigenvalue weighted by Gasteiger charge is -2.16. The minimum Gasteiger partial charge on any atom is -0.358 e. The van der Waals surface area contributed by atoms with Crippen molar-refractivity contribution < 1.29 is 4.92 Å². The van der Waals surface area contributed by atoms with Crippen LogP contribution in [0.4, 0.5) is 5.82 Å². The normalized spacial score (nSPS) is 26.8. The summed E-state index contributed by atoms with van der Waals surface area (Å²) in [4.78, 5) is 17.0. The predicted molar refractivity (Wildman–Crippen MR) is 69.9 cm³/mol. The van der Waals surface area contributed by atoms with E-state index in [4.69, 9.17) is 0 Å². The number of fused-ring (bicyclic) bond motifs is 1. The average Bonchev–Trinajstić information content (AvgIpc) is 3.00. The maximum Gasteiger partial charge on any atom is 0.342 e. The van der Waals surface area contributed by atoms with Gasteiger partial charge in [-0.25, -0.2) is 9.55 Å². The number of nitrogens with one attached hydrogen (secondary N) is 1. The molecule has 19 heavy (non-hydrogen) atoms. The first kappa shape index (κ1) is 12.6. The highest BCUT2D eigenvalue weighted by molar-refractivity contribution is 5.18. The van der Waals surface area contributed by atoms with Crippen LogP contribution in [0, 0.1) is 28.9 Å². The molecular formula is C12H19N5O2. The maximum atomic E-state index is 10.9. The molecule has 2 aliphatic rings. The van der Waals surface area contributed by atoms with Crippen LogP contribution < -0.4 is 5.32 Å². The Balaban J connectivity index is 1.61. The minimum atomic E-state index is -0.358. The SMILES string of the molecule is Cc1ncc([N+](=O)[O-])n1CCN1C[C@H]2CNC[C@H]2C1. The first-order valence-electron chi connectivity index (χ1n) is 6.74. The molecular weight excluding hydrogens is 246 g/mol. The zero-order valence-electron chi connectivity index (χ0n) is 11.1. The van der Waals surface area contributed by atoms with Crippen LogP contribution in [0.5, 0.6) is 0 Å². The lowest BCUT2D eigenvalue weighted by atomic mass is 10.0. The molecule has 3 rings (SSSR count). The second-order valence-electron chi connectivity index (χ2n) is 5.51. The fourth-order valence-electron chi connectivity index (χ4n) is 3.25. The molecule has 0 amide bonds. The van der Waals surface area contributed by atoms with Crippen LogP contribution in [0.2, 0.25) is 0 Å². The molecule has 2 saturated heterocycles. The first-order chi connectivity index (χ1) is 9.15. The lowest BCUT2D eigenvalue weighted by Crippen LogP contribution is -2.29. The third kappa shape index (κ3) is 2.35. The smallest absolute Gasteiger partial charge is 0.342 e. The topological polar surface area (TPSA) is 76.2 Å². The fourth-order valence-corrected chi connectivity index (χ4v) is 3.25. The average molecular weight is 265 g/mol. The molecule has 104 valence electrons. The Kier molecular flexibility index (Phi) is 3.24. The summed E-state index contributed by atoms with van der Waals surface area (Å²) < 4.78 is 1.70. The highest BCUT2D eigenvalue weighted by atomic mass is 16.6. The number of aryl methyl sites for hydroxylation is 1. The van der Waals surface area contributed by atoms with Crippen LogP contribution in [-0.4, -0.2) is 52.1 Å². The van der Waals surface area contributed by atoms with Gasteiger partial charge in [0, 0.05) is 26.6 Å². The Morgan fingerprint density at radius 1 is 1.42 bits per heavy atom. The number of aromatic nitrogens is 2. The van der Waals surface area contributed by atoms with Crippen molar-refractivity contribution in [1.82, 2.24) is 19.8 Å². The van der Waals surface area contributed by atoms with Crippen molar-refractivity contribution in [2.24, 2.45) is 11.8 Å². The van der Waals surface area contributed by atoms with Gasteiger partial charge < -0.3 is 15.4 Å². The number of hydrogen-bond acceptors (Lipinski definition) is 5. The Morgan fingerprint density at radius 3 is 2.74 bits per heavy atom. The van der Waals surface area contributed by atoms with E-state index < -0.39 is 0 Å². The number of nitro groups is 1. The standard InChI is InChI=1S/C12H19N5O2/c1-9-14-6-12(17(18)19)16(9)3-2-15-7-10-4-13-5-11(10)8-15/h6,10-11,13H,2-5,7-8H2,1H3/t10-,11+. The predicted octanol–water partition coefficient (Wildman–Crippen LogP) is 0.251. The molecule has 2 atom stereocenters. The third-order valence-corrected chi connectivity index (χ3v) is 4.33. The largest absolute Gasteiger partial charge is 0.358 e. The Bertz CT molecular complexity index is 474. The summed E-state index contributed by atoms with van der Waals surface area (Å²) in [5, 5.41) is 14.3. The van der Waals surface area contributed by atoms with Crippen molar-refractivity contribution in [1.29, 1.82) is 0 Å². The molecule has 0 unspecified atom stereocenters. The van der Waals surface area contributed by atoms with Crippen molar-refractivity contribution >= 4 is 5.82 Å². The molecule has 0 bridgehead atoms. The Hall–Kier alpha value is -1.47. The summed E-state index contributed by atoms with van der Waals surface area (Å²) in [6, 6.07) is 0. The fraction of sp³-hybridized carbons (Fsp3) is 0.750. The second kappa shape index (κ2) is 4.90. The van der Waals surface area contributed by atoms with E-state index in [9.17, 15) is 10.1 Å². The van der Waals surface area contributed by atoms with Crippen molar-refractivity contribution in [2.45, 2.75) is 13.5 Å². The van der Waals surface area contributed by atoms with Crippen molar-refractivity contribution in [3.63, 3.8) is 0 Å². The van der Waals surface area contributed by atoms with Crippen LogP contribution in [0.3, 0.4) is 0 Å².